The summed E-state index contributed by atoms with van der Waals surface area (Å²) < 4.78 is 10.8. The number of hydrogen-bond acceptors (Lipinski definition) is 6. The Kier molecular flexibility index (Phi) is 3.59. The van der Waals surface area contributed by atoms with Crippen LogP contribution in [0.2, 0.25) is 0 Å². The number of nitrogens with one attached hydrogen (secondary N) is 1. The van der Waals surface area contributed by atoms with Gasteiger partial charge in [0.05, 0.1) is 12.7 Å². The molecule has 1 heterocycles. The van der Waals surface area contributed by atoms with Crippen molar-refractivity contribution in [3.63, 3.8) is 0 Å². The fourth-order valence-corrected chi connectivity index (χ4v) is 1.46. The van der Waals surface area contributed by atoms with Crippen LogP contribution in [0.5, 0.6) is 17.4 Å². The van der Waals surface area contributed by atoms with Gasteiger partial charge < -0.3 is 14.9 Å². The molecule has 6 heteroatoms. The van der Waals surface area contributed by atoms with Crippen molar-refractivity contribution < 1.29 is 9.47 Å². The Labute approximate surface area is 105 Å². The van der Waals surface area contributed by atoms with E-state index in [-0.39, 0.29) is 0 Å². The van der Waals surface area contributed by atoms with Crippen LogP contribution in [-0.2, 0) is 0 Å². The lowest BCUT2D eigenvalue weighted by molar-refractivity contribution is 0.407. The fourth-order valence-electron chi connectivity index (χ4n) is 1.46. The molecule has 0 spiro atoms. The minimum absolute atomic E-state index is 0.450. The van der Waals surface area contributed by atoms with E-state index in [1.165, 1.54) is 6.33 Å². The number of benzene rings is 1. The van der Waals surface area contributed by atoms with Crippen molar-refractivity contribution in [3.8, 4) is 17.4 Å². The van der Waals surface area contributed by atoms with Crippen LogP contribution in [0.4, 0.5) is 5.82 Å². The van der Waals surface area contributed by atoms with Crippen LogP contribution in [0, 0.1) is 6.92 Å². The zero-order valence-electron chi connectivity index (χ0n) is 10.2. The van der Waals surface area contributed by atoms with Gasteiger partial charge in [0.2, 0.25) is 5.88 Å². The number of nitrogens with zero attached hydrogens (tertiary/aromatic N) is 2. The number of rotatable bonds is 4. The molecule has 2 rings (SSSR count). The van der Waals surface area contributed by atoms with Crippen molar-refractivity contribution in [2.24, 2.45) is 5.84 Å². The molecule has 0 amide bonds. The number of ether oxygens (including phenoxy) is 2. The van der Waals surface area contributed by atoms with Gasteiger partial charge in [-0.15, -0.1) is 0 Å². The van der Waals surface area contributed by atoms with Crippen molar-refractivity contribution >= 4 is 5.82 Å². The minimum atomic E-state index is 0.450. The molecule has 2 aromatic rings. The number of hydrogen-bond donors (Lipinski definition) is 2. The highest BCUT2D eigenvalue weighted by Crippen LogP contribution is 2.27. The summed E-state index contributed by atoms with van der Waals surface area (Å²) in [6, 6.07) is 7.27. The van der Waals surface area contributed by atoms with E-state index in [4.69, 9.17) is 15.3 Å². The molecule has 0 atom stereocenters. The van der Waals surface area contributed by atoms with Crippen LogP contribution in [0.3, 0.4) is 0 Å². The van der Waals surface area contributed by atoms with Gasteiger partial charge in [0.1, 0.15) is 23.6 Å². The molecule has 0 radical (unpaired) electrons. The Balaban J connectivity index is 2.28. The third kappa shape index (κ3) is 2.49. The van der Waals surface area contributed by atoms with Gasteiger partial charge in [-0.3, -0.25) is 0 Å². The van der Waals surface area contributed by atoms with Crippen molar-refractivity contribution in [1.82, 2.24) is 9.97 Å². The van der Waals surface area contributed by atoms with E-state index >= 15 is 0 Å². The van der Waals surface area contributed by atoms with Gasteiger partial charge in [-0.1, -0.05) is 6.07 Å². The average molecular weight is 246 g/mol. The number of nitrogens with two attached hydrogens (primary N) is 1. The lowest BCUT2D eigenvalue weighted by atomic mass is 10.3. The lowest BCUT2D eigenvalue weighted by Gasteiger charge is -2.10. The second-order valence-corrected chi connectivity index (χ2v) is 3.58. The summed E-state index contributed by atoms with van der Waals surface area (Å²) in [7, 11) is 1.60. The van der Waals surface area contributed by atoms with Crippen LogP contribution >= 0.6 is 0 Å². The quantitative estimate of drug-likeness (QED) is 0.633. The van der Waals surface area contributed by atoms with E-state index in [0.29, 0.717) is 17.4 Å². The van der Waals surface area contributed by atoms with Gasteiger partial charge in [-0.2, -0.15) is 0 Å². The highest BCUT2D eigenvalue weighted by atomic mass is 16.5. The van der Waals surface area contributed by atoms with Crippen molar-refractivity contribution in [2.75, 3.05) is 12.5 Å². The first kappa shape index (κ1) is 12.1. The van der Waals surface area contributed by atoms with E-state index in [9.17, 15) is 0 Å². The molecule has 1 aromatic carbocycles. The standard InChI is InChI=1S/C12H14N4O2/c1-8-11(16-13)14-7-15-12(8)18-10-5-3-4-9(6-10)17-2/h3-7H,13H2,1-2H3,(H,14,15,16). The molecule has 18 heavy (non-hydrogen) atoms. The topological polar surface area (TPSA) is 82.3 Å². The fraction of sp³-hybridized carbons (Fsp3) is 0.167. The molecular weight excluding hydrogens is 232 g/mol. The molecule has 0 saturated heterocycles. The molecule has 3 N–H and O–H groups in total. The zero-order valence-corrected chi connectivity index (χ0v) is 10.2. The number of aromatic nitrogens is 2. The molecule has 94 valence electrons. The molecule has 0 aliphatic rings. The van der Waals surface area contributed by atoms with Crippen LogP contribution < -0.4 is 20.7 Å². The Bertz CT molecular complexity index is 545. The summed E-state index contributed by atoms with van der Waals surface area (Å²) >= 11 is 0. The van der Waals surface area contributed by atoms with E-state index < -0.39 is 0 Å². The van der Waals surface area contributed by atoms with E-state index in [1.54, 1.807) is 13.2 Å². The molecule has 0 unspecified atom stereocenters. The molecule has 0 fully saturated rings. The van der Waals surface area contributed by atoms with Crippen molar-refractivity contribution in [2.45, 2.75) is 6.92 Å². The Hall–Kier alpha value is -2.34. The van der Waals surface area contributed by atoms with Crippen LogP contribution in [0.25, 0.3) is 0 Å². The van der Waals surface area contributed by atoms with Gasteiger partial charge in [0, 0.05) is 6.07 Å². The third-order valence-electron chi connectivity index (χ3n) is 2.43. The van der Waals surface area contributed by atoms with E-state index in [0.717, 1.165) is 11.3 Å². The number of hydrazine groups is 1. The lowest BCUT2D eigenvalue weighted by Crippen LogP contribution is -2.11. The highest BCUT2D eigenvalue weighted by molar-refractivity contribution is 5.48. The van der Waals surface area contributed by atoms with Gasteiger partial charge in [0.25, 0.3) is 0 Å². The molecule has 0 aliphatic heterocycles. The summed E-state index contributed by atoms with van der Waals surface area (Å²) in [5, 5.41) is 0. The normalized spacial score (nSPS) is 9.94. The predicted molar refractivity (Wildman–Crippen MR) is 67.6 cm³/mol. The first-order valence-electron chi connectivity index (χ1n) is 5.34. The summed E-state index contributed by atoms with van der Waals surface area (Å²) in [6.45, 7) is 1.82. The maximum atomic E-state index is 5.67. The largest absolute Gasteiger partial charge is 0.497 e. The highest BCUT2D eigenvalue weighted by Gasteiger charge is 2.08. The Morgan fingerprint density at radius 2 is 2.00 bits per heavy atom. The summed E-state index contributed by atoms with van der Waals surface area (Å²) in [4.78, 5) is 8.05. The predicted octanol–water partition coefficient (Wildman–Crippen LogP) is 1.87. The molecule has 0 saturated carbocycles. The van der Waals surface area contributed by atoms with Crippen molar-refractivity contribution in [1.29, 1.82) is 0 Å². The summed E-state index contributed by atoms with van der Waals surface area (Å²) in [5.41, 5.74) is 3.23. The number of anilines is 1. The Morgan fingerprint density at radius 1 is 1.22 bits per heavy atom. The van der Waals surface area contributed by atoms with E-state index in [1.807, 2.05) is 25.1 Å². The second-order valence-electron chi connectivity index (χ2n) is 3.58. The van der Waals surface area contributed by atoms with Gasteiger partial charge in [-0.05, 0) is 19.1 Å². The second kappa shape index (κ2) is 5.33. The molecule has 0 bridgehead atoms. The van der Waals surface area contributed by atoms with Crippen molar-refractivity contribution in [3.05, 3.63) is 36.2 Å². The first-order chi connectivity index (χ1) is 8.74. The van der Waals surface area contributed by atoms with Crippen LogP contribution in [0.15, 0.2) is 30.6 Å². The minimum Gasteiger partial charge on any atom is -0.497 e. The van der Waals surface area contributed by atoms with Gasteiger partial charge >= 0.3 is 0 Å². The SMILES string of the molecule is COc1cccc(Oc2ncnc(NN)c2C)c1. The third-order valence-corrected chi connectivity index (χ3v) is 2.43. The summed E-state index contributed by atoms with van der Waals surface area (Å²) in [6.07, 6.45) is 1.39. The number of methoxy groups -OCH3 is 1. The molecule has 0 aliphatic carbocycles. The molecule has 6 nitrogen and oxygen atoms in total. The maximum absolute atomic E-state index is 5.67. The Morgan fingerprint density at radius 3 is 2.72 bits per heavy atom. The van der Waals surface area contributed by atoms with Gasteiger partial charge in [0.15, 0.2) is 0 Å². The first-order valence-corrected chi connectivity index (χ1v) is 5.34. The smallest absolute Gasteiger partial charge is 0.227 e. The molecular formula is C12H14N4O2. The van der Waals surface area contributed by atoms with Gasteiger partial charge in [-0.25, -0.2) is 15.8 Å². The monoisotopic (exact) mass is 246 g/mol. The zero-order chi connectivity index (χ0) is 13.0. The van der Waals surface area contributed by atoms with Crippen LogP contribution in [-0.4, -0.2) is 17.1 Å². The maximum Gasteiger partial charge on any atom is 0.227 e. The molecule has 1 aromatic heterocycles. The van der Waals surface area contributed by atoms with Crippen LogP contribution in [0.1, 0.15) is 5.56 Å². The van der Waals surface area contributed by atoms with E-state index in [2.05, 4.69) is 15.4 Å². The summed E-state index contributed by atoms with van der Waals surface area (Å²) in [5.74, 6) is 7.68. The number of nitrogen functional groups attached to an aromatic ring is 1. The average Bonchev–Trinajstić information content (AvgIpc) is 2.41.